The molecule has 14 heteroatoms. The maximum Gasteiger partial charge on any atom is 0.367 e. The van der Waals surface area contributed by atoms with Gasteiger partial charge in [0.25, 0.3) is 0 Å². The largest absolute Gasteiger partial charge is 0.480 e. The fourth-order valence-electron chi connectivity index (χ4n) is 3.66. The summed E-state index contributed by atoms with van der Waals surface area (Å²) in [7, 11) is -3.91. The van der Waals surface area contributed by atoms with E-state index < -0.39 is 31.7 Å². The maximum atomic E-state index is 14.1. The van der Waals surface area contributed by atoms with Gasteiger partial charge in [-0.2, -0.15) is 0 Å². The second kappa shape index (κ2) is 11.5. The Kier molecular flexibility index (Phi) is 8.72. The molecule has 3 atom stereocenters. The molecule has 0 saturated carbocycles. The molecule has 3 aromatic heterocycles. The van der Waals surface area contributed by atoms with Crippen molar-refractivity contribution < 1.29 is 23.8 Å². The summed E-state index contributed by atoms with van der Waals surface area (Å²) in [6.07, 6.45) is 5.27. The maximum absolute atomic E-state index is 14.1. The third-order valence-electron chi connectivity index (χ3n) is 5.44. The number of aliphatic carboxylic acids is 1. The van der Waals surface area contributed by atoms with Crippen LogP contribution in [0.1, 0.15) is 40.2 Å². The highest BCUT2D eigenvalue weighted by atomic mass is 31.2. The molecule has 0 aliphatic carbocycles. The van der Waals surface area contributed by atoms with Crippen molar-refractivity contribution in [2.75, 3.05) is 12.1 Å². The molecular formula is C22H31N8O5P. The Morgan fingerprint density at radius 3 is 2.56 bits per heavy atom. The number of pyridine rings is 1. The highest BCUT2D eigenvalue weighted by Crippen LogP contribution is 2.54. The van der Waals surface area contributed by atoms with Crippen molar-refractivity contribution in [3.8, 4) is 0 Å². The van der Waals surface area contributed by atoms with E-state index in [-0.39, 0.29) is 12.2 Å². The lowest BCUT2D eigenvalue weighted by Crippen LogP contribution is -2.42. The van der Waals surface area contributed by atoms with E-state index in [1.807, 2.05) is 0 Å². The predicted octanol–water partition coefficient (Wildman–Crippen LogP) is 2.98. The van der Waals surface area contributed by atoms with Crippen molar-refractivity contribution in [1.82, 2.24) is 29.2 Å². The molecule has 3 heterocycles. The third kappa shape index (κ3) is 6.23. The lowest BCUT2D eigenvalue weighted by atomic mass is 10.2. The van der Waals surface area contributed by atoms with E-state index >= 15 is 0 Å². The zero-order chi connectivity index (χ0) is 26.5. The molecule has 0 aliphatic heterocycles. The van der Waals surface area contributed by atoms with E-state index in [1.165, 1.54) is 17.9 Å². The quantitative estimate of drug-likeness (QED) is 0.205. The monoisotopic (exact) mass is 518 g/mol. The first-order valence-corrected chi connectivity index (χ1v) is 13.1. The Balaban J connectivity index is 1.83. The highest BCUT2D eigenvalue weighted by molar-refractivity contribution is 7.56. The first kappa shape index (κ1) is 27.2. The minimum absolute atomic E-state index is 0.267. The molecule has 194 valence electrons. The van der Waals surface area contributed by atoms with E-state index in [0.717, 1.165) is 5.56 Å². The number of nitrogen functional groups attached to an aromatic ring is 1. The van der Waals surface area contributed by atoms with Crippen LogP contribution in [0, 0.1) is 0 Å². The predicted molar refractivity (Wildman–Crippen MR) is 134 cm³/mol. The number of nitrogens with two attached hydrogens (primary N) is 1. The average molecular weight is 519 g/mol. The number of imidazole rings is 1. The van der Waals surface area contributed by atoms with E-state index in [9.17, 15) is 14.5 Å². The van der Waals surface area contributed by atoms with Crippen molar-refractivity contribution in [2.45, 2.75) is 59.4 Å². The van der Waals surface area contributed by atoms with Gasteiger partial charge in [-0.3, -0.25) is 14.3 Å². The molecule has 3 rings (SSSR count). The number of fused-ring (bicyclic) bond motifs is 1. The van der Waals surface area contributed by atoms with Gasteiger partial charge in [-0.1, -0.05) is 5.16 Å². The molecule has 0 saturated heterocycles. The second-order valence-corrected chi connectivity index (χ2v) is 10.7. The van der Waals surface area contributed by atoms with Gasteiger partial charge < -0.3 is 24.8 Å². The number of carboxylic acids is 1. The SMILES string of the molecule is C/C(=N\OP(=O)(CO[C@H](C)Cn1cnc2c(N)ncnc21)N(C(C)C)[C@@H](C)C(=O)O)c1ccncc1. The van der Waals surface area contributed by atoms with E-state index in [0.29, 0.717) is 23.4 Å². The Hall–Kier alpha value is -3.41. The average Bonchev–Trinajstić information content (AvgIpc) is 3.25. The molecule has 13 nitrogen and oxygen atoms in total. The Morgan fingerprint density at radius 1 is 1.22 bits per heavy atom. The molecule has 3 N–H and O–H groups in total. The molecule has 0 aliphatic rings. The van der Waals surface area contributed by atoms with Crippen LogP contribution in [-0.4, -0.2) is 70.5 Å². The van der Waals surface area contributed by atoms with Crippen molar-refractivity contribution in [2.24, 2.45) is 5.16 Å². The minimum Gasteiger partial charge on any atom is -0.480 e. The van der Waals surface area contributed by atoms with Crippen LogP contribution in [0.4, 0.5) is 5.82 Å². The van der Waals surface area contributed by atoms with E-state index in [4.69, 9.17) is 15.1 Å². The van der Waals surface area contributed by atoms with Gasteiger partial charge in [0.15, 0.2) is 11.5 Å². The van der Waals surface area contributed by atoms with Gasteiger partial charge in [0, 0.05) is 24.0 Å². The molecular weight excluding hydrogens is 487 g/mol. The zero-order valence-electron chi connectivity index (χ0n) is 20.8. The van der Waals surface area contributed by atoms with Crippen molar-refractivity contribution in [1.29, 1.82) is 0 Å². The van der Waals surface area contributed by atoms with Crippen molar-refractivity contribution >= 4 is 36.2 Å². The van der Waals surface area contributed by atoms with E-state index in [1.54, 1.807) is 63.1 Å². The number of ether oxygens (including phenoxy) is 1. The molecule has 0 amide bonds. The van der Waals surface area contributed by atoms with Crippen LogP contribution in [0.2, 0.25) is 0 Å². The highest BCUT2D eigenvalue weighted by Gasteiger charge is 2.42. The number of nitrogens with zero attached hydrogens (tertiary/aromatic N) is 7. The molecule has 1 unspecified atom stereocenters. The van der Waals surface area contributed by atoms with Crippen LogP contribution in [0.25, 0.3) is 11.2 Å². The summed E-state index contributed by atoms with van der Waals surface area (Å²) < 4.78 is 28.7. The van der Waals surface area contributed by atoms with Crippen LogP contribution in [0.5, 0.6) is 0 Å². The van der Waals surface area contributed by atoms with Gasteiger partial charge in [0.2, 0.25) is 0 Å². The van der Waals surface area contributed by atoms with Gasteiger partial charge in [-0.25, -0.2) is 19.6 Å². The number of aromatic nitrogens is 5. The van der Waals surface area contributed by atoms with Gasteiger partial charge in [0.05, 0.1) is 24.7 Å². The standard InChI is InChI=1S/C22H31N8O5P/c1-14(2)30(17(5)22(31)32)36(33,35-28-16(4)18-6-8-24-9-7-18)13-34-15(3)10-29-12-27-19-20(23)25-11-26-21(19)29/h6-9,11-12,14-15,17H,10,13H2,1-5H3,(H,31,32)(H2,23,25,26)/b28-16+/t15-,17+,36?/m1/s1. The van der Waals surface area contributed by atoms with Gasteiger partial charge >= 0.3 is 13.5 Å². The van der Waals surface area contributed by atoms with Crippen molar-refractivity contribution in [3.63, 3.8) is 0 Å². The second-order valence-electron chi connectivity index (χ2n) is 8.55. The molecule has 0 spiro atoms. The molecule has 0 aromatic carbocycles. The summed E-state index contributed by atoms with van der Waals surface area (Å²) in [5.74, 6) is -0.875. The summed E-state index contributed by atoms with van der Waals surface area (Å²) >= 11 is 0. The summed E-state index contributed by atoms with van der Waals surface area (Å²) in [4.78, 5) is 28.2. The van der Waals surface area contributed by atoms with Crippen LogP contribution < -0.4 is 5.73 Å². The number of anilines is 1. The molecule has 0 fully saturated rings. The Bertz CT molecular complexity index is 1270. The first-order chi connectivity index (χ1) is 17.0. The van der Waals surface area contributed by atoms with Crippen LogP contribution >= 0.6 is 7.52 Å². The first-order valence-electron chi connectivity index (χ1n) is 11.3. The normalized spacial score (nSPS) is 15.7. The number of rotatable bonds is 12. The number of carbonyl (C=O) groups is 1. The molecule has 0 bridgehead atoms. The molecule has 3 aromatic rings. The van der Waals surface area contributed by atoms with Gasteiger partial charge in [-0.15, -0.1) is 0 Å². The summed E-state index contributed by atoms with van der Waals surface area (Å²) in [6.45, 7) is 8.72. The van der Waals surface area contributed by atoms with Gasteiger partial charge in [-0.05, 0) is 46.8 Å². The van der Waals surface area contributed by atoms with Crippen LogP contribution in [-0.2, 0) is 25.3 Å². The number of hydrogen-bond donors (Lipinski definition) is 2. The number of hydrogen-bond acceptors (Lipinski definition) is 10. The Labute approximate surface area is 208 Å². The molecule has 36 heavy (non-hydrogen) atoms. The summed E-state index contributed by atoms with van der Waals surface area (Å²) in [5.41, 5.74) is 8.04. The Morgan fingerprint density at radius 2 is 1.92 bits per heavy atom. The summed E-state index contributed by atoms with van der Waals surface area (Å²) in [6, 6.07) is 1.92. The minimum atomic E-state index is -3.91. The number of oxime groups is 1. The van der Waals surface area contributed by atoms with E-state index in [2.05, 4.69) is 25.1 Å². The van der Waals surface area contributed by atoms with Crippen molar-refractivity contribution in [3.05, 3.63) is 42.7 Å². The molecule has 0 radical (unpaired) electrons. The summed E-state index contributed by atoms with van der Waals surface area (Å²) in [5, 5.41) is 13.7. The fraction of sp³-hybridized carbons (Fsp3) is 0.455. The zero-order valence-corrected chi connectivity index (χ0v) is 21.7. The third-order valence-corrected chi connectivity index (χ3v) is 7.77. The van der Waals surface area contributed by atoms with Crippen LogP contribution in [0.15, 0.2) is 42.3 Å². The smallest absolute Gasteiger partial charge is 0.367 e. The topological polar surface area (TPSA) is 171 Å². The van der Waals surface area contributed by atoms with Gasteiger partial charge in [0.1, 0.15) is 24.2 Å². The van der Waals surface area contributed by atoms with Crippen LogP contribution in [0.3, 0.4) is 0 Å². The number of carboxylic acid groups (broad SMARTS) is 1. The fourth-order valence-corrected chi connectivity index (χ4v) is 5.95. The lowest BCUT2D eigenvalue weighted by Gasteiger charge is -2.35. The lowest BCUT2D eigenvalue weighted by molar-refractivity contribution is -0.141.